The zero-order valence-corrected chi connectivity index (χ0v) is 16.0. The molecule has 0 aliphatic carbocycles. The lowest BCUT2D eigenvalue weighted by molar-refractivity contribution is -0.134. The van der Waals surface area contributed by atoms with Gasteiger partial charge in [0.1, 0.15) is 0 Å². The van der Waals surface area contributed by atoms with Crippen molar-refractivity contribution in [2.45, 2.75) is 52.1 Å². The standard InChI is InChI=1S/C20H32N4O2/c1-16(2)12-19(20(26)24-9-4-3-5-10-24)23-15-18-13-17(6-7-22-18)14-21-8-11-25/h6-7,13-14,16,19,23,25H,3-5,8-12,15H2,1-2H3/b21-14+. The second-order valence-corrected chi connectivity index (χ2v) is 7.29. The number of nitrogens with one attached hydrogen (secondary N) is 1. The van der Waals surface area contributed by atoms with Crippen molar-refractivity contribution in [2.75, 3.05) is 26.2 Å². The molecule has 6 nitrogen and oxygen atoms in total. The van der Waals surface area contributed by atoms with Gasteiger partial charge in [0.2, 0.25) is 5.91 Å². The summed E-state index contributed by atoms with van der Waals surface area (Å²) in [4.78, 5) is 23.4. The molecule has 26 heavy (non-hydrogen) atoms. The summed E-state index contributed by atoms with van der Waals surface area (Å²) in [7, 11) is 0. The minimum atomic E-state index is -0.165. The molecule has 1 atom stereocenters. The topological polar surface area (TPSA) is 77.8 Å². The number of pyridine rings is 1. The van der Waals surface area contributed by atoms with E-state index in [0.29, 0.717) is 19.0 Å². The zero-order valence-electron chi connectivity index (χ0n) is 16.0. The average molecular weight is 361 g/mol. The molecule has 1 saturated heterocycles. The van der Waals surface area contributed by atoms with Gasteiger partial charge in [-0.3, -0.25) is 14.8 Å². The molecule has 1 unspecified atom stereocenters. The predicted molar refractivity (Wildman–Crippen MR) is 104 cm³/mol. The Morgan fingerprint density at radius 1 is 1.38 bits per heavy atom. The summed E-state index contributed by atoms with van der Waals surface area (Å²) in [5.41, 5.74) is 1.84. The Kier molecular flexibility index (Phi) is 8.71. The van der Waals surface area contributed by atoms with E-state index in [1.807, 2.05) is 17.0 Å². The van der Waals surface area contributed by atoms with E-state index >= 15 is 0 Å². The third-order valence-corrected chi connectivity index (χ3v) is 4.51. The van der Waals surface area contributed by atoms with Gasteiger partial charge in [0.25, 0.3) is 0 Å². The summed E-state index contributed by atoms with van der Waals surface area (Å²) in [5, 5.41) is 12.2. The predicted octanol–water partition coefficient (Wildman–Crippen LogP) is 2.01. The van der Waals surface area contributed by atoms with E-state index in [4.69, 9.17) is 5.11 Å². The Balaban J connectivity index is 1.97. The Bertz CT molecular complexity index is 583. The van der Waals surface area contributed by atoms with E-state index in [2.05, 4.69) is 29.1 Å². The number of aliphatic hydroxyl groups excluding tert-OH is 1. The van der Waals surface area contributed by atoms with Crippen molar-refractivity contribution in [3.05, 3.63) is 29.6 Å². The molecule has 6 heteroatoms. The molecule has 1 aromatic rings. The smallest absolute Gasteiger partial charge is 0.239 e. The van der Waals surface area contributed by atoms with Crippen molar-refractivity contribution < 1.29 is 9.90 Å². The van der Waals surface area contributed by atoms with Gasteiger partial charge in [0.05, 0.1) is 24.9 Å². The molecule has 0 aromatic carbocycles. The maximum Gasteiger partial charge on any atom is 0.239 e. The van der Waals surface area contributed by atoms with Crippen molar-refractivity contribution in [1.29, 1.82) is 0 Å². The zero-order chi connectivity index (χ0) is 18.8. The molecule has 0 spiro atoms. The summed E-state index contributed by atoms with van der Waals surface area (Å²) in [6, 6.07) is 3.68. The highest BCUT2D eigenvalue weighted by molar-refractivity contribution is 5.82. The Morgan fingerprint density at radius 2 is 2.15 bits per heavy atom. The van der Waals surface area contributed by atoms with E-state index < -0.39 is 0 Å². The number of rotatable bonds is 9. The van der Waals surface area contributed by atoms with Crippen LogP contribution in [0.5, 0.6) is 0 Å². The van der Waals surface area contributed by atoms with Gasteiger partial charge in [-0.1, -0.05) is 13.8 Å². The number of aliphatic imine (C=N–C) groups is 1. The molecule has 144 valence electrons. The number of likely N-dealkylation sites (tertiary alicyclic amines) is 1. The molecular weight excluding hydrogens is 328 g/mol. The van der Waals surface area contributed by atoms with Crippen LogP contribution in [0.3, 0.4) is 0 Å². The molecule has 1 amide bonds. The molecule has 0 radical (unpaired) electrons. The van der Waals surface area contributed by atoms with Gasteiger partial charge in [0.15, 0.2) is 0 Å². The number of aliphatic hydroxyl groups is 1. The van der Waals surface area contributed by atoms with Gasteiger partial charge >= 0.3 is 0 Å². The van der Waals surface area contributed by atoms with Crippen LogP contribution in [-0.2, 0) is 11.3 Å². The van der Waals surface area contributed by atoms with Crippen molar-refractivity contribution in [3.63, 3.8) is 0 Å². The molecule has 0 bridgehead atoms. The van der Waals surface area contributed by atoms with Gasteiger partial charge < -0.3 is 15.3 Å². The maximum atomic E-state index is 12.9. The molecule has 2 N–H and O–H groups in total. The van der Waals surface area contributed by atoms with Crippen LogP contribution >= 0.6 is 0 Å². The monoisotopic (exact) mass is 360 g/mol. The molecule has 2 heterocycles. The number of carbonyl (C=O) groups is 1. The van der Waals surface area contributed by atoms with Crippen molar-refractivity contribution in [1.82, 2.24) is 15.2 Å². The van der Waals surface area contributed by atoms with E-state index in [1.54, 1.807) is 12.4 Å². The third-order valence-electron chi connectivity index (χ3n) is 4.51. The Hall–Kier alpha value is -1.79. The number of nitrogens with zero attached hydrogens (tertiary/aromatic N) is 3. The highest BCUT2D eigenvalue weighted by Crippen LogP contribution is 2.14. The highest BCUT2D eigenvalue weighted by Gasteiger charge is 2.25. The molecule has 1 fully saturated rings. The van der Waals surface area contributed by atoms with Crippen molar-refractivity contribution >= 4 is 12.1 Å². The van der Waals surface area contributed by atoms with Crippen LogP contribution in [0.4, 0.5) is 0 Å². The van der Waals surface area contributed by atoms with Crippen LogP contribution in [0.2, 0.25) is 0 Å². The number of hydrogen-bond donors (Lipinski definition) is 2. The van der Waals surface area contributed by atoms with E-state index in [-0.39, 0.29) is 18.6 Å². The number of aromatic nitrogens is 1. The minimum absolute atomic E-state index is 0.0471. The van der Waals surface area contributed by atoms with Crippen LogP contribution in [0.25, 0.3) is 0 Å². The first-order chi connectivity index (χ1) is 12.6. The normalized spacial score (nSPS) is 16.4. The summed E-state index contributed by atoms with van der Waals surface area (Å²) < 4.78 is 0. The maximum absolute atomic E-state index is 12.9. The summed E-state index contributed by atoms with van der Waals surface area (Å²) in [6.07, 6.45) is 7.76. The minimum Gasteiger partial charge on any atom is -0.394 e. The van der Waals surface area contributed by atoms with E-state index in [9.17, 15) is 4.79 Å². The van der Waals surface area contributed by atoms with Gasteiger partial charge in [-0.2, -0.15) is 0 Å². The average Bonchev–Trinajstić information content (AvgIpc) is 2.65. The molecule has 0 saturated carbocycles. The lowest BCUT2D eigenvalue weighted by Crippen LogP contribution is -2.48. The fourth-order valence-corrected chi connectivity index (χ4v) is 3.21. The SMILES string of the molecule is CC(C)CC(NCc1cc(/C=N/CCO)ccn1)C(=O)N1CCCCC1. The van der Waals surface area contributed by atoms with Crippen LogP contribution in [0.15, 0.2) is 23.3 Å². The lowest BCUT2D eigenvalue weighted by atomic mass is 10.0. The molecule has 2 rings (SSSR count). The summed E-state index contributed by atoms with van der Waals surface area (Å²) in [5.74, 6) is 0.671. The Labute approximate surface area is 156 Å². The summed E-state index contributed by atoms with van der Waals surface area (Å²) in [6.45, 7) is 7.05. The first kappa shape index (κ1) is 20.5. The molecule has 1 aliphatic heterocycles. The highest BCUT2D eigenvalue weighted by atomic mass is 16.3. The van der Waals surface area contributed by atoms with E-state index in [0.717, 1.165) is 43.6 Å². The molecule has 1 aliphatic rings. The lowest BCUT2D eigenvalue weighted by Gasteiger charge is -2.31. The second kappa shape index (κ2) is 11.0. The van der Waals surface area contributed by atoms with Gasteiger partial charge in [-0.05, 0) is 49.3 Å². The molecule has 1 aromatic heterocycles. The van der Waals surface area contributed by atoms with Gasteiger partial charge in [-0.25, -0.2) is 0 Å². The third kappa shape index (κ3) is 6.84. The number of piperidine rings is 1. The van der Waals surface area contributed by atoms with Crippen LogP contribution in [-0.4, -0.2) is 59.4 Å². The number of amides is 1. The quantitative estimate of drug-likeness (QED) is 0.661. The van der Waals surface area contributed by atoms with Crippen LogP contribution < -0.4 is 5.32 Å². The molecular formula is C20H32N4O2. The number of hydrogen-bond acceptors (Lipinski definition) is 5. The first-order valence-electron chi connectivity index (χ1n) is 9.68. The Morgan fingerprint density at radius 3 is 2.85 bits per heavy atom. The van der Waals surface area contributed by atoms with Crippen LogP contribution in [0, 0.1) is 5.92 Å². The fourth-order valence-electron chi connectivity index (χ4n) is 3.21. The van der Waals surface area contributed by atoms with E-state index in [1.165, 1.54) is 6.42 Å². The van der Waals surface area contributed by atoms with Gasteiger partial charge in [-0.15, -0.1) is 0 Å². The second-order valence-electron chi connectivity index (χ2n) is 7.29. The fraction of sp³-hybridized carbons (Fsp3) is 0.650. The van der Waals surface area contributed by atoms with Crippen molar-refractivity contribution in [3.8, 4) is 0 Å². The summed E-state index contributed by atoms with van der Waals surface area (Å²) >= 11 is 0. The van der Waals surface area contributed by atoms with Crippen LogP contribution in [0.1, 0.15) is 50.8 Å². The van der Waals surface area contributed by atoms with Gasteiger partial charge in [0, 0.05) is 32.0 Å². The largest absolute Gasteiger partial charge is 0.394 e. The van der Waals surface area contributed by atoms with Crippen molar-refractivity contribution in [2.24, 2.45) is 10.9 Å². The number of carbonyl (C=O) groups excluding carboxylic acids is 1. The first-order valence-corrected chi connectivity index (χ1v) is 9.68.